The van der Waals surface area contributed by atoms with Crippen LogP contribution in [-0.2, 0) is 14.3 Å². The summed E-state index contributed by atoms with van der Waals surface area (Å²) in [4.78, 5) is 11.1. The molecular weight excluding hydrogens is 200 g/mol. The van der Waals surface area contributed by atoms with E-state index in [1.807, 2.05) is 13.8 Å². The van der Waals surface area contributed by atoms with Gasteiger partial charge in [0.05, 0.1) is 25.2 Å². The Bertz CT molecular complexity index is 232. The number of likely N-dealkylation sites (N-methyl/N-ethyl adjacent to an activating group) is 1. The van der Waals surface area contributed by atoms with Crippen molar-refractivity contribution in [2.45, 2.75) is 31.6 Å². The summed E-state index contributed by atoms with van der Waals surface area (Å²) in [6, 6.07) is 0. The van der Waals surface area contributed by atoms with Gasteiger partial charge in [-0.05, 0) is 20.9 Å². The van der Waals surface area contributed by atoms with E-state index in [0.29, 0.717) is 13.2 Å². The van der Waals surface area contributed by atoms with Crippen LogP contribution in [0, 0.1) is 0 Å². The van der Waals surface area contributed by atoms with Gasteiger partial charge in [-0.3, -0.25) is 10.0 Å². The fourth-order valence-electron chi connectivity index (χ4n) is 1.39. The summed E-state index contributed by atoms with van der Waals surface area (Å²) in [5.41, 5.74) is 1.03. The number of carbonyl (C=O) groups excluding carboxylic acids is 1. The molecule has 0 spiro atoms. The van der Waals surface area contributed by atoms with Gasteiger partial charge in [0.1, 0.15) is 0 Å². The SMILES string of the molecule is CNC1(CC(=O)NO)COC(C)(C)OC1. The van der Waals surface area contributed by atoms with Crippen LogP contribution in [0.15, 0.2) is 0 Å². The number of rotatable bonds is 3. The van der Waals surface area contributed by atoms with Crippen LogP contribution < -0.4 is 10.8 Å². The first-order chi connectivity index (χ1) is 6.93. The van der Waals surface area contributed by atoms with Gasteiger partial charge in [-0.25, -0.2) is 5.48 Å². The molecule has 1 heterocycles. The Morgan fingerprint density at radius 2 is 1.93 bits per heavy atom. The molecule has 0 aromatic heterocycles. The van der Waals surface area contributed by atoms with E-state index in [2.05, 4.69) is 5.32 Å². The van der Waals surface area contributed by atoms with Gasteiger partial charge < -0.3 is 14.8 Å². The molecule has 3 N–H and O–H groups in total. The van der Waals surface area contributed by atoms with E-state index in [9.17, 15) is 4.79 Å². The minimum Gasteiger partial charge on any atom is -0.349 e. The van der Waals surface area contributed by atoms with E-state index in [1.165, 1.54) is 0 Å². The number of hydroxylamine groups is 1. The Kier molecular flexibility index (Phi) is 3.67. The normalized spacial score (nSPS) is 23.5. The highest BCUT2D eigenvalue weighted by Gasteiger charge is 2.40. The average Bonchev–Trinajstić information content (AvgIpc) is 2.22. The Morgan fingerprint density at radius 3 is 2.33 bits per heavy atom. The van der Waals surface area contributed by atoms with Gasteiger partial charge >= 0.3 is 0 Å². The van der Waals surface area contributed by atoms with Crippen molar-refractivity contribution >= 4 is 5.91 Å². The summed E-state index contributed by atoms with van der Waals surface area (Å²) in [5, 5.41) is 11.5. The second-order valence-electron chi connectivity index (χ2n) is 4.22. The topological polar surface area (TPSA) is 79.8 Å². The van der Waals surface area contributed by atoms with Crippen molar-refractivity contribution in [1.29, 1.82) is 0 Å². The molecule has 1 rings (SSSR count). The Morgan fingerprint density at radius 1 is 1.40 bits per heavy atom. The minimum atomic E-state index is -0.615. The second kappa shape index (κ2) is 4.44. The molecule has 6 heteroatoms. The summed E-state index contributed by atoms with van der Waals surface area (Å²) in [5.74, 6) is -1.08. The number of ether oxygens (including phenoxy) is 2. The molecule has 15 heavy (non-hydrogen) atoms. The van der Waals surface area contributed by atoms with Crippen LogP contribution >= 0.6 is 0 Å². The van der Waals surface area contributed by atoms with Crippen LogP contribution in [0.2, 0.25) is 0 Å². The molecule has 0 unspecified atom stereocenters. The number of carbonyl (C=O) groups is 1. The highest BCUT2D eigenvalue weighted by Crippen LogP contribution is 2.25. The maximum Gasteiger partial charge on any atom is 0.245 e. The van der Waals surface area contributed by atoms with Crippen LogP contribution in [0.1, 0.15) is 20.3 Å². The molecule has 0 saturated carbocycles. The molecule has 1 fully saturated rings. The molecule has 0 aliphatic carbocycles. The number of nitrogens with one attached hydrogen (secondary N) is 2. The van der Waals surface area contributed by atoms with Crippen molar-refractivity contribution in [2.75, 3.05) is 20.3 Å². The third-order valence-electron chi connectivity index (χ3n) is 2.55. The molecule has 0 aromatic carbocycles. The monoisotopic (exact) mass is 218 g/mol. The molecule has 1 saturated heterocycles. The number of hydrogen-bond acceptors (Lipinski definition) is 5. The summed E-state index contributed by atoms with van der Waals surface area (Å²) >= 11 is 0. The minimum absolute atomic E-state index is 0.107. The first-order valence-corrected chi connectivity index (χ1v) is 4.83. The molecule has 1 aliphatic rings. The van der Waals surface area contributed by atoms with Crippen LogP contribution in [-0.4, -0.2) is 42.7 Å². The molecule has 88 valence electrons. The van der Waals surface area contributed by atoms with Crippen LogP contribution in [0.25, 0.3) is 0 Å². The van der Waals surface area contributed by atoms with Crippen molar-refractivity contribution in [2.24, 2.45) is 0 Å². The smallest absolute Gasteiger partial charge is 0.245 e. The van der Waals surface area contributed by atoms with E-state index in [0.717, 1.165) is 0 Å². The summed E-state index contributed by atoms with van der Waals surface area (Å²) < 4.78 is 10.9. The molecule has 0 atom stereocenters. The molecule has 0 bridgehead atoms. The van der Waals surface area contributed by atoms with E-state index >= 15 is 0 Å². The second-order valence-corrected chi connectivity index (χ2v) is 4.22. The predicted molar refractivity (Wildman–Crippen MR) is 52.3 cm³/mol. The average molecular weight is 218 g/mol. The third-order valence-corrected chi connectivity index (χ3v) is 2.55. The maximum absolute atomic E-state index is 11.1. The van der Waals surface area contributed by atoms with Gasteiger partial charge in [0, 0.05) is 0 Å². The molecule has 1 amide bonds. The Balaban J connectivity index is 2.60. The number of amides is 1. The van der Waals surface area contributed by atoms with Gasteiger partial charge in [-0.15, -0.1) is 0 Å². The molecule has 6 nitrogen and oxygen atoms in total. The maximum atomic E-state index is 11.1. The lowest BCUT2D eigenvalue weighted by Crippen LogP contribution is -2.60. The molecule has 0 radical (unpaired) electrons. The van der Waals surface area contributed by atoms with Crippen LogP contribution in [0.5, 0.6) is 0 Å². The molecule has 0 aromatic rings. The Labute approximate surface area is 88.9 Å². The van der Waals surface area contributed by atoms with Gasteiger partial charge in [0.15, 0.2) is 5.79 Å². The first kappa shape index (κ1) is 12.4. The largest absolute Gasteiger partial charge is 0.349 e. The van der Waals surface area contributed by atoms with Gasteiger partial charge in [-0.1, -0.05) is 0 Å². The molecular formula is C9H18N2O4. The first-order valence-electron chi connectivity index (χ1n) is 4.83. The quantitative estimate of drug-likeness (QED) is 0.444. The van der Waals surface area contributed by atoms with Crippen molar-refractivity contribution in [3.05, 3.63) is 0 Å². The van der Waals surface area contributed by atoms with E-state index in [-0.39, 0.29) is 6.42 Å². The van der Waals surface area contributed by atoms with Gasteiger partial charge in [0.2, 0.25) is 5.91 Å². The predicted octanol–water partition coefficient (Wildman–Crippen LogP) is -0.377. The summed E-state index contributed by atoms with van der Waals surface area (Å²) in [7, 11) is 1.73. The highest BCUT2D eigenvalue weighted by molar-refractivity contribution is 5.76. The van der Waals surface area contributed by atoms with Crippen molar-refractivity contribution in [3.8, 4) is 0 Å². The molecule has 1 aliphatic heterocycles. The lowest BCUT2D eigenvalue weighted by Gasteiger charge is -2.42. The Hall–Kier alpha value is -0.690. The van der Waals surface area contributed by atoms with E-state index < -0.39 is 17.2 Å². The summed E-state index contributed by atoms with van der Waals surface area (Å²) in [6.45, 7) is 4.37. The van der Waals surface area contributed by atoms with Crippen molar-refractivity contribution in [1.82, 2.24) is 10.8 Å². The third kappa shape index (κ3) is 3.13. The zero-order valence-corrected chi connectivity index (χ0v) is 9.29. The van der Waals surface area contributed by atoms with E-state index in [4.69, 9.17) is 14.7 Å². The number of hydrogen-bond donors (Lipinski definition) is 3. The van der Waals surface area contributed by atoms with Crippen LogP contribution in [0.3, 0.4) is 0 Å². The fourth-order valence-corrected chi connectivity index (χ4v) is 1.39. The van der Waals surface area contributed by atoms with Crippen molar-refractivity contribution in [3.63, 3.8) is 0 Å². The fraction of sp³-hybridized carbons (Fsp3) is 0.889. The highest BCUT2D eigenvalue weighted by atomic mass is 16.7. The lowest BCUT2D eigenvalue weighted by atomic mass is 9.95. The summed E-state index contributed by atoms with van der Waals surface area (Å²) in [6.07, 6.45) is 0.107. The van der Waals surface area contributed by atoms with E-state index in [1.54, 1.807) is 12.5 Å². The van der Waals surface area contributed by atoms with Gasteiger partial charge in [-0.2, -0.15) is 0 Å². The zero-order chi connectivity index (χ0) is 11.5. The van der Waals surface area contributed by atoms with Crippen molar-refractivity contribution < 1.29 is 19.5 Å². The standard InChI is InChI=1S/C9H18N2O4/c1-8(2)14-5-9(10-3,6-15-8)4-7(12)11-13/h10,13H,4-6H2,1-3H3,(H,11,12). The lowest BCUT2D eigenvalue weighted by molar-refractivity contribution is -0.271. The van der Waals surface area contributed by atoms with Gasteiger partial charge in [0.25, 0.3) is 0 Å². The zero-order valence-electron chi connectivity index (χ0n) is 9.29. The van der Waals surface area contributed by atoms with Crippen LogP contribution in [0.4, 0.5) is 0 Å².